The van der Waals surface area contributed by atoms with E-state index in [0.29, 0.717) is 23.7 Å². The van der Waals surface area contributed by atoms with Crippen molar-refractivity contribution < 1.29 is 0 Å². The summed E-state index contributed by atoms with van der Waals surface area (Å²) in [5.41, 5.74) is 6.70. The largest absolute Gasteiger partial charge is 0.368 e. The fourth-order valence-electron chi connectivity index (χ4n) is 2.16. The van der Waals surface area contributed by atoms with Crippen molar-refractivity contribution in [1.82, 2.24) is 34.3 Å². The number of rotatable bonds is 1. The molecule has 11 heteroatoms. The van der Waals surface area contributed by atoms with Gasteiger partial charge in [0.1, 0.15) is 18.3 Å². The highest BCUT2D eigenvalue weighted by molar-refractivity contribution is 5.82. The van der Waals surface area contributed by atoms with Gasteiger partial charge in [-0.05, 0) is 0 Å². The zero-order chi connectivity index (χ0) is 14.6. The second-order valence-corrected chi connectivity index (χ2v) is 4.45. The van der Waals surface area contributed by atoms with Crippen LogP contribution in [0.5, 0.6) is 0 Å². The lowest BCUT2D eigenvalue weighted by Gasteiger charge is -2.21. The number of aliphatic imine (C=N–C) groups is 1. The molecule has 0 bridgehead atoms. The summed E-state index contributed by atoms with van der Waals surface area (Å²) in [5.74, 6) is 6.39. The number of nitrogens with one attached hydrogen (secondary N) is 1. The minimum atomic E-state index is -0.316. The summed E-state index contributed by atoms with van der Waals surface area (Å²) in [5, 5.41) is 1.30. The Bertz CT molecular complexity index is 931. The number of H-pyrrole nitrogens is 1. The predicted molar refractivity (Wildman–Crippen MR) is 72.2 cm³/mol. The van der Waals surface area contributed by atoms with Crippen molar-refractivity contribution in [2.75, 3.05) is 0 Å². The van der Waals surface area contributed by atoms with Gasteiger partial charge < -0.3 is 10.7 Å². The third-order valence-corrected chi connectivity index (χ3v) is 3.19. The summed E-state index contributed by atoms with van der Waals surface area (Å²) in [4.78, 5) is 30.8. The van der Waals surface area contributed by atoms with Crippen LogP contribution in [0.25, 0.3) is 11.2 Å². The Morgan fingerprint density at radius 1 is 1.19 bits per heavy atom. The van der Waals surface area contributed by atoms with Gasteiger partial charge in [-0.1, -0.05) is 0 Å². The van der Waals surface area contributed by atoms with Gasteiger partial charge in [-0.2, -0.15) is 4.99 Å². The molecule has 4 heterocycles. The molecule has 4 rings (SSSR count). The van der Waals surface area contributed by atoms with Crippen LogP contribution in [0.4, 0.5) is 5.82 Å². The van der Waals surface area contributed by atoms with Crippen molar-refractivity contribution in [3.8, 4) is 0 Å². The lowest BCUT2D eigenvalue weighted by atomic mass is 10.4. The number of nitrogens with two attached hydrogens (primary N) is 2. The maximum absolute atomic E-state index is 11.7. The van der Waals surface area contributed by atoms with Crippen LogP contribution in [-0.2, 0) is 6.54 Å². The number of nitrogens with zero attached hydrogens (tertiary/aromatic N) is 7. The quantitative estimate of drug-likeness (QED) is 0.449. The Labute approximate surface area is 116 Å². The first-order chi connectivity index (χ1) is 10.1. The van der Waals surface area contributed by atoms with E-state index in [0.717, 1.165) is 0 Å². The summed E-state index contributed by atoms with van der Waals surface area (Å²) in [6.07, 6.45) is 4.32. The first-order valence-electron chi connectivity index (χ1n) is 5.99. The smallest absolute Gasteiger partial charge is 0.278 e. The van der Waals surface area contributed by atoms with Crippen molar-refractivity contribution in [2.24, 2.45) is 16.6 Å². The molecule has 0 unspecified atom stereocenters. The van der Waals surface area contributed by atoms with Crippen LogP contribution in [0, 0.1) is 0 Å². The van der Waals surface area contributed by atoms with E-state index in [9.17, 15) is 4.79 Å². The Balaban J connectivity index is 1.97. The first kappa shape index (κ1) is 11.6. The second kappa shape index (κ2) is 3.89. The van der Waals surface area contributed by atoms with Crippen molar-refractivity contribution in [3.05, 3.63) is 35.0 Å². The van der Waals surface area contributed by atoms with Crippen molar-refractivity contribution in [1.29, 1.82) is 0 Å². The van der Waals surface area contributed by atoms with Gasteiger partial charge in [-0.25, -0.2) is 30.1 Å². The number of aromatic nitrogens is 6. The summed E-state index contributed by atoms with van der Waals surface area (Å²) >= 11 is 0. The summed E-state index contributed by atoms with van der Waals surface area (Å²) in [6, 6.07) is 0. The van der Waals surface area contributed by atoms with Gasteiger partial charge in [0.25, 0.3) is 5.56 Å². The van der Waals surface area contributed by atoms with E-state index in [1.54, 1.807) is 15.7 Å². The highest BCUT2D eigenvalue weighted by Gasteiger charge is 2.22. The molecule has 0 aliphatic carbocycles. The van der Waals surface area contributed by atoms with E-state index in [1.165, 1.54) is 17.7 Å². The van der Waals surface area contributed by atoms with Crippen LogP contribution in [0.1, 0.15) is 5.69 Å². The monoisotopic (exact) mass is 286 g/mol. The predicted octanol–water partition coefficient (Wildman–Crippen LogP) is -1.74. The number of guanidine groups is 1. The molecule has 3 aromatic heterocycles. The van der Waals surface area contributed by atoms with E-state index in [-0.39, 0.29) is 17.0 Å². The van der Waals surface area contributed by atoms with Crippen molar-refractivity contribution in [2.45, 2.75) is 6.54 Å². The molecule has 1 aliphatic rings. The van der Waals surface area contributed by atoms with E-state index < -0.39 is 0 Å². The third-order valence-electron chi connectivity index (χ3n) is 3.19. The van der Waals surface area contributed by atoms with Gasteiger partial charge in [0, 0.05) is 0 Å². The fraction of sp³-hybridized carbons (Fsp3) is 0.100. The van der Waals surface area contributed by atoms with Gasteiger partial charge in [0.15, 0.2) is 17.0 Å². The number of aromatic amines is 1. The average Bonchev–Trinajstić information content (AvgIpc) is 3.04. The zero-order valence-electron chi connectivity index (χ0n) is 10.6. The van der Waals surface area contributed by atoms with E-state index in [1.807, 2.05) is 0 Å². The molecule has 0 spiro atoms. The lowest BCUT2D eigenvalue weighted by molar-refractivity contribution is 0.416. The van der Waals surface area contributed by atoms with Crippen LogP contribution in [-0.4, -0.2) is 40.3 Å². The summed E-state index contributed by atoms with van der Waals surface area (Å²) in [6.45, 7) is 0.346. The van der Waals surface area contributed by atoms with E-state index >= 15 is 0 Å². The molecular formula is C10H10N10O. The first-order valence-corrected chi connectivity index (χ1v) is 5.99. The molecule has 0 radical (unpaired) electrons. The molecule has 0 atom stereocenters. The summed E-state index contributed by atoms with van der Waals surface area (Å²) in [7, 11) is 0. The van der Waals surface area contributed by atoms with Crippen LogP contribution in [0.15, 0.2) is 28.8 Å². The summed E-state index contributed by atoms with van der Waals surface area (Å²) < 4.78 is 3.18. The number of hydrogen-bond donors (Lipinski definition) is 3. The molecule has 1 aliphatic heterocycles. The molecule has 0 amide bonds. The zero-order valence-corrected chi connectivity index (χ0v) is 10.6. The molecule has 0 saturated carbocycles. The van der Waals surface area contributed by atoms with Gasteiger partial charge in [0.2, 0.25) is 5.96 Å². The Kier molecular flexibility index (Phi) is 2.15. The maximum Gasteiger partial charge on any atom is 0.278 e. The van der Waals surface area contributed by atoms with Crippen molar-refractivity contribution >= 4 is 22.9 Å². The second-order valence-electron chi connectivity index (χ2n) is 4.45. The molecule has 0 aromatic carbocycles. The minimum Gasteiger partial charge on any atom is -0.368 e. The number of hydrogen-bond acceptors (Lipinski definition) is 8. The van der Waals surface area contributed by atoms with Crippen LogP contribution in [0.3, 0.4) is 0 Å². The Morgan fingerprint density at radius 3 is 2.86 bits per heavy atom. The van der Waals surface area contributed by atoms with E-state index in [2.05, 4.69) is 24.9 Å². The molecule has 21 heavy (non-hydrogen) atoms. The lowest BCUT2D eigenvalue weighted by Crippen LogP contribution is -2.43. The fourth-order valence-corrected chi connectivity index (χ4v) is 2.16. The van der Waals surface area contributed by atoms with Crippen LogP contribution < -0.4 is 17.1 Å². The number of imidazole rings is 2. The average molecular weight is 286 g/mol. The molecule has 5 N–H and O–H groups in total. The van der Waals surface area contributed by atoms with Gasteiger partial charge in [-0.3, -0.25) is 9.80 Å². The highest BCUT2D eigenvalue weighted by atomic mass is 16.1. The molecule has 0 saturated heterocycles. The number of fused-ring (bicyclic) bond motifs is 2. The van der Waals surface area contributed by atoms with Crippen molar-refractivity contribution in [3.63, 3.8) is 0 Å². The van der Waals surface area contributed by atoms with E-state index in [4.69, 9.17) is 11.6 Å². The van der Waals surface area contributed by atoms with Gasteiger partial charge in [0.05, 0.1) is 12.9 Å². The molecule has 106 valence electrons. The molecule has 11 nitrogen and oxygen atoms in total. The van der Waals surface area contributed by atoms with Crippen LogP contribution >= 0.6 is 0 Å². The maximum atomic E-state index is 11.7. The SMILES string of the molecule is NC1=Nc2c(ncn2-n2cnc3c(=O)[nH]cnc32)CN1N. The highest BCUT2D eigenvalue weighted by Crippen LogP contribution is 2.24. The third kappa shape index (κ3) is 1.54. The van der Waals surface area contributed by atoms with Crippen LogP contribution in [0.2, 0.25) is 0 Å². The van der Waals surface area contributed by atoms with Gasteiger partial charge >= 0.3 is 0 Å². The number of hydrazine groups is 1. The molecular weight excluding hydrogens is 276 g/mol. The Hall–Kier alpha value is -3.21. The normalized spacial score (nSPS) is 14.3. The molecule has 0 fully saturated rings. The topological polar surface area (TPSA) is 149 Å². The standard InChI is InChI=1S/C10H10N10O/c11-10-17-7-5(1-18(10)12)15-3-19(7)20-4-16-6-8(20)13-2-14-9(6)21/h2-4H,1,12H2,(H2,11,17)(H,13,14,21). The Morgan fingerprint density at radius 2 is 2.00 bits per heavy atom. The molecule has 3 aromatic rings. The van der Waals surface area contributed by atoms with Gasteiger partial charge in [-0.15, -0.1) is 0 Å². The minimum absolute atomic E-state index is 0.180.